The number of nitrogens with zero attached hydrogens (tertiary/aromatic N) is 1. The number of nitrogens with two attached hydrogens (primary N) is 1. The van der Waals surface area contributed by atoms with Crippen molar-refractivity contribution in [1.82, 2.24) is 0 Å². The number of hydrogen-bond acceptors (Lipinski definition) is 3. The Morgan fingerprint density at radius 3 is 2.58 bits per heavy atom. The molecule has 3 N–H and O–H groups in total. The molecule has 0 radical (unpaired) electrons. The van der Waals surface area contributed by atoms with Gasteiger partial charge in [-0.1, -0.05) is 18.2 Å². The van der Waals surface area contributed by atoms with Crippen molar-refractivity contribution >= 4 is 11.7 Å². The third kappa shape index (κ3) is 2.73. The van der Waals surface area contributed by atoms with Gasteiger partial charge in [0.15, 0.2) is 0 Å². The van der Waals surface area contributed by atoms with Crippen molar-refractivity contribution in [2.75, 3.05) is 18.0 Å². The van der Waals surface area contributed by atoms with E-state index in [2.05, 4.69) is 4.90 Å². The molecule has 19 heavy (non-hydrogen) atoms. The minimum absolute atomic E-state index is 0.114. The van der Waals surface area contributed by atoms with Gasteiger partial charge in [-0.05, 0) is 44.2 Å². The van der Waals surface area contributed by atoms with Crippen LogP contribution in [0.3, 0.4) is 0 Å². The molecule has 0 bridgehead atoms. The first-order valence-corrected chi connectivity index (χ1v) is 6.82. The zero-order chi connectivity index (χ0) is 14.0. The Balaban J connectivity index is 2.23. The maximum atomic E-state index is 11.5. The summed E-state index contributed by atoms with van der Waals surface area (Å²) in [4.78, 5) is 13.6. The van der Waals surface area contributed by atoms with Gasteiger partial charge in [-0.25, -0.2) is 0 Å². The van der Waals surface area contributed by atoms with Crippen molar-refractivity contribution < 1.29 is 9.90 Å². The molecule has 1 saturated carbocycles. The zero-order valence-electron chi connectivity index (χ0n) is 11.6. The normalized spacial score (nSPS) is 17.8. The van der Waals surface area contributed by atoms with Crippen molar-refractivity contribution in [1.29, 1.82) is 0 Å². The molecule has 0 aliphatic heterocycles. The fourth-order valence-electron chi connectivity index (χ4n) is 2.57. The lowest BCUT2D eigenvalue weighted by Crippen LogP contribution is -2.58. The van der Waals surface area contributed by atoms with Gasteiger partial charge in [-0.15, -0.1) is 0 Å². The quantitative estimate of drug-likeness (QED) is 0.823. The molecular weight excluding hydrogens is 240 g/mol. The number of carboxylic acid groups (broad SMARTS) is 1. The molecule has 1 unspecified atom stereocenters. The van der Waals surface area contributed by atoms with E-state index in [1.807, 2.05) is 38.1 Å². The van der Waals surface area contributed by atoms with Gasteiger partial charge in [0.05, 0.1) is 0 Å². The van der Waals surface area contributed by atoms with Crippen LogP contribution in [0.2, 0.25) is 0 Å². The van der Waals surface area contributed by atoms with Crippen LogP contribution in [-0.2, 0) is 4.79 Å². The fourth-order valence-corrected chi connectivity index (χ4v) is 2.57. The third-order valence-electron chi connectivity index (χ3n) is 3.99. The number of aryl methyl sites for hydroxylation is 1. The highest BCUT2D eigenvalue weighted by molar-refractivity contribution is 5.80. The molecule has 0 aromatic heterocycles. The highest BCUT2D eigenvalue weighted by Gasteiger charge is 2.49. The molecule has 0 amide bonds. The van der Waals surface area contributed by atoms with Crippen LogP contribution in [0.15, 0.2) is 24.3 Å². The van der Waals surface area contributed by atoms with Gasteiger partial charge >= 0.3 is 5.97 Å². The lowest BCUT2D eigenvalue weighted by molar-refractivity contribution is -0.143. The summed E-state index contributed by atoms with van der Waals surface area (Å²) in [5.41, 5.74) is 7.26. The Bertz CT molecular complexity index is 471. The Hall–Kier alpha value is -1.55. The van der Waals surface area contributed by atoms with Crippen LogP contribution in [0.4, 0.5) is 5.69 Å². The Kier molecular flexibility index (Phi) is 3.80. The first-order valence-electron chi connectivity index (χ1n) is 6.82. The topological polar surface area (TPSA) is 66.6 Å². The van der Waals surface area contributed by atoms with E-state index in [1.54, 1.807) is 0 Å². The number of carboxylic acids is 1. The lowest BCUT2D eigenvalue weighted by atomic mass is 9.93. The van der Waals surface area contributed by atoms with Crippen LogP contribution in [0, 0.1) is 12.8 Å². The molecule has 104 valence electrons. The Morgan fingerprint density at radius 2 is 2.11 bits per heavy atom. The SMILES string of the molecule is CCN(CC(N)(C(=O)O)C1CC1)c1ccccc1C. The van der Waals surface area contributed by atoms with Crippen molar-refractivity contribution in [3.8, 4) is 0 Å². The van der Waals surface area contributed by atoms with E-state index in [0.29, 0.717) is 6.54 Å². The molecule has 0 spiro atoms. The van der Waals surface area contributed by atoms with Gasteiger partial charge < -0.3 is 15.7 Å². The minimum Gasteiger partial charge on any atom is -0.480 e. The molecule has 4 nitrogen and oxygen atoms in total. The van der Waals surface area contributed by atoms with E-state index in [4.69, 9.17) is 5.73 Å². The Labute approximate surface area is 114 Å². The molecular formula is C15H22N2O2. The molecule has 1 aliphatic carbocycles. The highest BCUT2D eigenvalue weighted by Crippen LogP contribution is 2.39. The minimum atomic E-state index is -1.13. The van der Waals surface area contributed by atoms with Crippen LogP contribution < -0.4 is 10.6 Å². The number of hydrogen-bond donors (Lipinski definition) is 2. The fraction of sp³-hybridized carbons (Fsp3) is 0.533. The van der Waals surface area contributed by atoms with Crippen molar-refractivity contribution in [2.45, 2.75) is 32.2 Å². The number of likely N-dealkylation sites (N-methyl/N-ethyl adjacent to an activating group) is 1. The Morgan fingerprint density at radius 1 is 1.47 bits per heavy atom. The van der Waals surface area contributed by atoms with Crippen LogP contribution in [0.5, 0.6) is 0 Å². The molecule has 1 aromatic rings. The summed E-state index contributed by atoms with van der Waals surface area (Å²) in [5, 5.41) is 9.45. The summed E-state index contributed by atoms with van der Waals surface area (Å²) in [6.07, 6.45) is 1.85. The number of anilines is 1. The van der Waals surface area contributed by atoms with Crippen LogP contribution >= 0.6 is 0 Å². The van der Waals surface area contributed by atoms with Crippen molar-refractivity contribution in [3.63, 3.8) is 0 Å². The molecule has 1 aliphatic rings. The molecule has 0 saturated heterocycles. The predicted octanol–water partition coefficient (Wildman–Crippen LogP) is 2.01. The lowest BCUT2D eigenvalue weighted by Gasteiger charge is -2.34. The van der Waals surface area contributed by atoms with Gasteiger partial charge in [0.25, 0.3) is 0 Å². The summed E-state index contributed by atoms with van der Waals surface area (Å²) in [7, 11) is 0. The number of benzene rings is 1. The monoisotopic (exact) mass is 262 g/mol. The number of rotatable bonds is 6. The molecule has 4 heteroatoms. The van der Waals surface area contributed by atoms with E-state index in [1.165, 1.54) is 0 Å². The smallest absolute Gasteiger partial charge is 0.325 e. The first kappa shape index (κ1) is 13.9. The summed E-state index contributed by atoms with van der Waals surface area (Å²) in [5.74, 6) is -0.773. The van der Waals surface area contributed by atoms with Gasteiger partial charge in [0.2, 0.25) is 0 Å². The van der Waals surface area contributed by atoms with Crippen LogP contribution in [-0.4, -0.2) is 29.7 Å². The standard InChI is InChI=1S/C15H22N2O2/c1-3-17(13-7-5-4-6-11(13)2)10-15(16,14(18)19)12-8-9-12/h4-7,12H,3,8-10,16H2,1-2H3,(H,18,19). The van der Waals surface area contributed by atoms with Crippen molar-refractivity contribution in [2.24, 2.45) is 11.7 Å². The van der Waals surface area contributed by atoms with Crippen molar-refractivity contribution in [3.05, 3.63) is 29.8 Å². The average molecular weight is 262 g/mol. The van der Waals surface area contributed by atoms with Gasteiger partial charge in [-0.2, -0.15) is 0 Å². The average Bonchev–Trinajstić information content (AvgIpc) is 3.21. The largest absolute Gasteiger partial charge is 0.480 e. The predicted molar refractivity (Wildman–Crippen MR) is 76.3 cm³/mol. The van der Waals surface area contributed by atoms with Gasteiger partial charge in [0, 0.05) is 18.8 Å². The van der Waals surface area contributed by atoms with E-state index < -0.39 is 11.5 Å². The van der Waals surface area contributed by atoms with Crippen LogP contribution in [0.25, 0.3) is 0 Å². The molecule has 1 fully saturated rings. The highest BCUT2D eigenvalue weighted by atomic mass is 16.4. The third-order valence-corrected chi connectivity index (χ3v) is 3.99. The van der Waals surface area contributed by atoms with E-state index in [9.17, 15) is 9.90 Å². The maximum absolute atomic E-state index is 11.5. The molecule has 1 atom stereocenters. The molecule has 2 rings (SSSR count). The second kappa shape index (κ2) is 5.21. The van der Waals surface area contributed by atoms with E-state index in [-0.39, 0.29) is 5.92 Å². The first-order chi connectivity index (χ1) is 8.99. The van der Waals surface area contributed by atoms with Crippen LogP contribution in [0.1, 0.15) is 25.3 Å². The summed E-state index contributed by atoms with van der Waals surface area (Å²) < 4.78 is 0. The second-order valence-corrected chi connectivity index (χ2v) is 5.42. The number of carbonyl (C=O) groups is 1. The van der Waals surface area contributed by atoms with E-state index >= 15 is 0 Å². The summed E-state index contributed by atoms with van der Waals surface area (Å²) >= 11 is 0. The molecule has 1 aromatic carbocycles. The number of aliphatic carboxylic acids is 1. The van der Waals surface area contributed by atoms with Gasteiger partial charge in [-0.3, -0.25) is 4.79 Å². The maximum Gasteiger partial charge on any atom is 0.325 e. The molecule has 0 heterocycles. The number of para-hydroxylation sites is 1. The summed E-state index contributed by atoms with van der Waals surface area (Å²) in [6.45, 7) is 5.19. The van der Waals surface area contributed by atoms with E-state index in [0.717, 1.165) is 30.6 Å². The second-order valence-electron chi connectivity index (χ2n) is 5.42. The summed E-state index contributed by atoms with van der Waals surface area (Å²) in [6, 6.07) is 8.02. The zero-order valence-corrected chi connectivity index (χ0v) is 11.6. The van der Waals surface area contributed by atoms with Gasteiger partial charge in [0.1, 0.15) is 5.54 Å².